The van der Waals surface area contributed by atoms with Gasteiger partial charge in [0.2, 0.25) is 5.91 Å². The Hall–Kier alpha value is -0.610. The first kappa shape index (κ1) is 16.4. The molecule has 3 unspecified atom stereocenters. The molecule has 1 saturated heterocycles. The van der Waals surface area contributed by atoms with Gasteiger partial charge in [-0.25, -0.2) is 0 Å². The summed E-state index contributed by atoms with van der Waals surface area (Å²) in [5, 5.41) is 3.44. The van der Waals surface area contributed by atoms with E-state index in [-0.39, 0.29) is 12.2 Å². The van der Waals surface area contributed by atoms with E-state index in [9.17, 15) is 4.79 Å². The minimum atomic E-state index is 0.0248. The van der Waals surface area contributed by atoms with Crippen molar-refractivity contribution in [1.29, 1.82) is 0 Å². The molecule has 0 saturated carbocycles. The average Bonchev–Trinajstić information content (AvgIpc) is 2.52. The smallest absolute Gasteiger partial charge is 0.241 e. The van der Waals surface area contributed by atoms with Crippen LogP contribution in [0.15, 0.2) is 0 Å². The maximum absolute atomic E-state index is 12.6. The summed E-state index contributed by atoms with van der Waals surface area (Å²) in [6.45, 7) is 9.63. The van der Waals surface area contributed by atoms with Crippen LogP contribution in [0.3, 0.4) is 0 Å². The molecule has 0 radical (unpaired) electrons. The second kappa shape index (κ2) is 7.25. The minimum absolute atomic E-state index is 0.0248. The molecule has 0 aliphatic carbocycles. The number of rotatable bonds is 7. The second-order valence-corrected chi connectivity index (χ2v) is 6.48. The van der Waals surface area contributed by atoms with E-state index in [1.54, 1.807) is 0 Å². The molecule has 1 fully saturated rings. The number of nitrogens with zero attached hydrogens (tertiary/aromatic N) is 2. The minimum Gasteiger partial charge on any atom is -0.322 e. The summed E-state index contributed by atoms with van der Waals surface area (Å²) in [6, 6.07) is 0.337. The molecular formula is C15H31N3O. The lowest BCUT2D eigenvalue weighted by Crippen LogP contribution is -2.48. The predicted octanol–water partition coefficient (Wildman–Crippen LogP) is 1.91. The van der Waals surface area contributed by atoms with Gasteiger partial charge in [-0.15, -0.1) is 0 Å². The SMILES string of the molecule is CCCC1NC(C)N(C(CC(C)C)CN(C)C)C1=O. The quantitative estimate of drug-likeness (QED) is 0.767. The van der Waals surface area contributed by atoms with Crippen molar-refractivity contribution in [2.45, 2.75) is 65.2 Å². The zero-order chi connectivity index (χ0) is 14.6. The maximum Gasteiger partial charge on any atom is 0.241 e. The third-order valence-electron chi connectivity index (χ3n) is 3.70. The predicted molar refractivity (Wildman–Crippen MR) is 79.9 cm³/mol. The largest absolute Gasteiger partial charge is 0.322 e. The molecule has 112 valence electrons. The fraction of sp³-hybridized carbons (Fsp3) is 0.933. The number of likely N-dealkylation sites (N-methyl/N-ethyl adjacent to an activating group) is 1. The summed E-state index contributed by atoms with van der Waals surface area (Å²) in [5.41, 5.74) is 0. The van der Waals surface area contributed by atoms with Gasteiger partial charge in [-0.05, 0) is 39.8 Å². The number of nitrogens with one attached hydrogen (secondary N) is 1. The Labute approximate surface area is 118 Å². The second-order valence-electron chi connectivity index (χ2n) is 6.48. The van der Waals surface area contributed by atoms with Crippen LogP contribution in [0.2, 0.25) is 0 Å². The van der Waals surface area contributed by atoms with Crippen molar-refractivity contribution in [3.63, 3.8) is 0 Å². The summed E-state index contributed by atoms with van der Waals surface area (Å²) in [4.78, 5) is 16.8. The van der Waals surface area contributed by atoms with Crippen molar-refractivity contribution < 1.29 is 4.79 Å². The molecule has 4 heteroatoms. The summed E-state index contributed by atoms with van der Waals surface area (Å²) in [6.07, 6.45) is 3.21. The molecule has 1 amide bonds. The first-order chi connectivity index (χ1) is 8.86. The highest BCUT2D eigenvalue weighted by atomic mass is 16.2. The molecule has 0 aromatic carbocycles. The lowest BCUT2D eigenvalue weighted by atomic mass is 10.0. The van der Waals surface area contributed by atoms with Gasteiger partial charge in [0.25, 0.3) is 0 Å². The first-order valence-corrected chi connectivity index (χ1v) is 7.59. The molecule has 1 aliphatic heterocycles. The average molecular weight is 269 g/mol. The van der Waals surface area contributed by atoms with Crippen molar-refractivity contribution in [3.05, 3.63) is 0 Å². The highest BCUT2D eigenvalue weighted by Gasteiger charge is 2.39. The number of hydrogen-bond acceptors (Lipinski definition) is 3. The normalized spacial score (nSPS) is 25.7. The van der Waals surface area contributed by atoms with Gasteiger partial charge in [0.15, 0.2) is 0 Å². The van der Waals surface area contributed by atoms with Crippen molar-refractivity contribution in [2.75, 3.05) is 20.6 Å². The van der Waals surface area contributed by atoms with Crippen LogP contribution in [0.1, 0.15) is 47.0 Å². The molecule has 1 rings (SSSR count). The van der Waals surface area contributed by atoms with Crippen LogP contribution in [0.25, 0.3) is 0 Å². The molecule has 1 heterocycles. The van der Waals surface area contributed by atoms with Crippen LogP contribution in [-0.2, 0) is 4.79 Å². The van der Waals surface area contributed by atoms with Gasteiger partial charge in [-0.1, -0.05) is 27.2 Å². The van der Waals surface area contributed by atoms with E-state index in [2.05, 4.69) is 56.9 Å². The van der Waals surface area contributed by atoms with E-state index in [0.717, 1.165) is 25.8 Å². The van der Waals surface area contributed by atoms with E-state index in [0.29, 0.717) is 17.9 Å². The van der Waals surface area contributed by atoms with Crippen LogP contribution in [0, 0.1) is 5.92 Å². The Morgan fingerprint density at radius 3 is 2.47 bits per heavy atom. The monoisotopic (exact) mass is 269 g/mol. The highest BCUT2D eigenvalue weighted by molar-refractivity contribution is 5.84. The van der Waals surface area contributed by atoms with Crippen molar-refractivity contribution in [1.82, 2.24) is 15.1 Å². The first-order valence-electron chi connectivity index (χ1n) is 7.59. The summed E-state index contributed by atoms with van der Waals surface area (Å²) in [7, 11) is 4.16. The standard InChI is InChI=1S/C15H31N3O/c1-7-8-14-15(19)18(12(4)16-14)13(9-11(2)3)10-17(5)6/h11-14,16H,7-10H2,1-6H3. The maximum atomic E-state index is 12.6. The third kappa shape index (κ3) is 4.46. The highest BCUT2D eigenvalue weighted by Crippen LogP contribution is 2.22. The van der Waals surface area contributed by atoms with Crippen molar-refractivity contribution in [2.24, 2.45) is 5.92 Å². The van der Waals surface area contributed by atoms with Crippen LogP contribution in [-0.4, -0.2) is 54.6 Å². The molecule has 0 bridgehead atoms. The van der Waals surface area contributed by atoms with E-state index in [1.807, 2.05) is 0 Å². The number of hydrogen-bond donors (Lipinski definition) is 1. The van der Waals surface area contributed by atoms with E-state index in [1.165, 1.54) is 0 Å². The van der Waals surface area contributed by atoms with Gasteiger partial charge in [-0.2, -0.15) is 0 Å². The fourth-order valence-electron chi connectivity index (χ4n) is 3.05. The fourth-order valence-corrected chi connectivity index (χ4v) is 3.05. The summed E-state index contributed by atoms with van der Waals surface area (Å²) >= 11 is 0. The Kier molecular flexibility index (Phi) is 6.27. The molecule has 0 aromatic rings. The van der Waals surface area contributed by atoms with Gasteiger partial charge >= 0.3 is 0 Å². The number of carbonyl (C=O) groups is 1. The number of amides is 1. The van der Waals surface area contributed by atoms with Crippen LogP contribution >= 0.6 is 0 Å². The molecule has 3 atom stereocenters. The van der Waals surface area contributed by atoms with Gasteiger partial charge in [0, 0.05) is 12.6 Å². The Morgan fingerprint density at radius 2 is 2.00 bits per heavy atom. The van der Waals surface area contributed by atoms with Gasteiger partial charge < -0.3 is 9.80 Å². The molecule has 1 N–H and O–H groups in total. The van der Waals surface area contributed by atoms with Crippen molar-refractivity contribution >= 4 is 5.91 Å². The summed E-state index contributed by atoms with van der Waals surface area (Å²) in [5.74, 6) is 0.900. The Morgan fingerprint density at radius 1 is 1.37 bits per heavy atom. The summed E-state index contributed by atoms with van der Waals surface area (Å²) < 4.78 is 0. The lowest BCUT2D eigenvalue weighted by Gasteiger charge is -2.34. The third-order valence-corrected chi connectivity index (χ3v) is 3.70. The lowest BCUT2D eigenvalue weighted by molar-refractivity contribution is -0.132. The van der Waals surface area contributed by atoms with Crippen molar-refractivity contribution in [3.8, 4) is 0 Å². The van der Waals surface area contributed by atoms with Crippen LogP contribution in [0.5, 0.6) is 0 Å². The van der Waals surface area contributed by atoms with Gasteiger partial charge in [0.1, 0.15) is 0 Å². The Balaban J connectivity index is 2.79. The van der Waals surface area contributed by atoms with Crippen LogP contribution in [0.4, 0.5) is 0 Å². The molecular weight excluding hydrogens is 238 g/mol. The van der Waals surface area contributed by atoms with Gasteiger partial charge in [0.05, 0.1) is 12.2 Å². The Bertz CT molecular complexity index is 281. The van der Waals surface area contributed by atoms with Gasteiger partial charge in [-0.3, -0.25) is 10.1 Å². The van der Waals surface area contributed by atoms with Crippen LogP contribution < -0.4 is 5.32 Å². The molecule has 4 nitrogen and oxygen atoms in total. The van der Waals surface area contributed by atoms with E-state index >= 15 is 0 Å². The topological polar surface area (TPSA) is 35.6 Å². The zero-order valence-electron chi connectivity index (χ0n) is 13.4. The number of carbonyl (C=O) groups excluding carboxylic acids is 1. The zero-order valence-corrected chi connectivity index (χ0v) is 13.4. The molecule has 0 aromatic heterocycles. The molecule has 1 aliphatic rings. The molecule has 19 heavy (non-hydrogen) atoms. The molecule has 0 spiro atoms. The van der Waals surface area contributed by atoms with E-state index in [4.69, 9.17) is 0 Å². The van der Waals surface area contributed by atoms with E-state index < -0.39 is 0 Å².